The average molecular weight is 281 g/mol. The van der Waals surface area contributed by atoms with Crippen LogP contribution in [0, 0.1) is 18.6 Å². The monoisotopic (exact) mass is 281 g/mol. The standard InChI is InChI=1S/C16H21F2NO/c1-11-7-14(18)12(8-13(11)17)15-9-19-10-16(20-15)5-3-2-4-6-16/h7-8,15,19H,2-6,9-10H2,1H3. The minimum atomic E-state index is -0.392. The summed E-state index contributed by atoms with van der Waals surface area (Å²) in [7, 11) is 0. The summed E-state index contributed by atoms with van der Waals surface area (Å²) in [6.45, 7) is 2.94. The summed E-state index contributed by atoms with van der Waals surface area (Å²) in [5.74, 6) is -0.739. The second-order valence-corrected chi connectivity index (χ2v) is 6.10. The lowest BCUT2D eigenvalue weighted by atomic mass is 9.83. The van der Waals surface area contributed by atoms with Crippen molar-refractivity contribution in [2.24, 2.45) is 0 Å². The van der Waals surface area contributed by atoms with Gasteiger partial charge >= 0.3 is 0 Å². The molecule has 2 fully saturated rings. The molecule has 20 heavy (non-hydrogen) atoms. The largest absolute Gasteiger partial charge is 0.364 e. The van der Waals surface area contributed by atoms with Gasteiger partial charge in [-0.25, -0.2) is 8.78 Å². The molecule has 1 atom stereocenters. The quantitative estimate of drug-likeness (QED) is 0.848. The minimum absolute atomic E-state index is 0.186. The maximum absolute atomic E-state index is 14.1. The number of morpholine rings is 1. The molecule has 1 saturated heterocycles. The highest BCUT2D eigenvalue weighted by molar-refractivity contribution is 5.27. The van der Waals surface area contributed by atoms with Gasteiger partial charge in [0.05, 0.1) is 11.7 Å². The van der Waals surface area contributed by atoms with Crippen LogP contribution in [-0.2, 0) is 4.74 Å². The first kappa shape index (κ1) is 14.0. The summed E-state index contributed by atoms with van der Waals surface area (Å²) in [4.78, 5) is 0. The highest BCUT2D eigenvalue weighted by atomic mass is 19.1. The second-order valence-electron chi connectivity index (χ2n) is 6.10. The van der Waals surface area contributed by atoms with Crippen LogP contribution in [0.25, 0.3) is 0 Å². The van der Waals surface area contributed by atoms with E-state index in [0.717, 1.165) is 32.2 Å². The van der Waals surface area contributed by atoms with Crippen molar-refractivity contribution in [3.8, 4) is 0 Å². The number of hydrogen-bond donors (Lipinski definition) is 1. The molecule has 2 aliphatic rings. The molecule has 4 heteroatoms. The molecule has 1 aliphatic heterocycles. The zero-order chi connectivity index (χ0) is 14.2. The summed E-state index contributed by atoms with van der Waals surface area (Å²) < 4.78 is 34.0. The molecule has 0 amide bonds. The molecular weight excluding hydrogens is 260 g/mol. The first-order chi connectivity index (χ1) is 9.60. The van der Waals surface area contributed by atoms with Crippen molar-refractivity contribution in [1.82, 2.24) is 5.32 Å². The molecular formula is C16H21F2NO. The Morgan fingerprint density at radius 3 is 2.65 bits per heavy atom. The molecule has 2 nitrogen and oxygen atoms in total. The summed E-state index contributed by atoms with van der Waals surface area (Å²) in [5, 5.41) is 3.34. The lowest BCUT2D eigenvalue weighted by molar-refractivity contribution is -0.136. The number of hydrogen-bond acceptors (Lipinski definition) is 2. The van der Waals surface area contributed by atoms with E-state index in [2.05, 4.69) is 5.32 Å². The van der Waals surface area contributed by atoms with Crippen molar-refractivity contribution in [3.63, 3.8) is 0 Å². The number of nitrogens with one attached hydrogen (secondary N) is 1. The Bertz CT molecular complexity index is 492. The first-order valence-corrected chi connectivity index (χ1v) is 7.44. The summed E-state index contributed by atoms with van der Waals surface area (Å²) in [6, 6.07) is 2.55. The highest BCUT2D eigenvalue weighted by Crippen LogP contribution is 2.38. The number of halogens is 2. The van der Waals surface area contributed by atoms with E-state index in [1.165, 1.54) is 18.6 Å². The maximum atomic E-state index is 14.1. The number of aryl methyl sites for hydroxylation is 1. The van der Waals surface area contributed by atoms with Gasteiger partial charge in [-0.2, -0.15) is 0 Å². The zero-order valence-electron chi connectivity index (χ0n) is 11.8. The van der Waals surface area contributed by atoms with Crippen molar-refractivity contribution < 1.29 is 13.5 Å². The fourth-order valence-electron chi connectivity index (χ4n) is 3.39. The van der Waals surface area contributed by atoms with Gasteiger partial charge in [0.1, 0.15) is 11.6 Å². The van der Waals surface area contributed by atoms with Crippen LogP contribution in [-0.4, -0.2) is 18.7 Å². The molecule has 1 aromatic rings. The Labute approximate surface area is 118 Å². The molecule has 1 aromatic carbocycles. The van der Waals surface area contributed by atoms with Crippen molar-refractivity contribution in [1.29, 1.82) is 0 Å². The number of benzene rings is 1. The lowest BCUT2D eigenvalue weighted by Gasteiger charge is -2.44. The molecule has 1 aliphatic carbocycles. The van der Waals surface area contributed by atoms with Gasteiger partial charge in [-0.05, 0) is 37.5 Å². The van der Waals surface area contributed by atoms with Crippen LogP contribution in [0.3, 0.4) is 0 Å². The fraction of sp³-hybridized carbons (Fsp3) is 0.625. The van der Waals surface area contributed by atoms with Crippen LogP contribution in [0.4, 0.5) is 8.78 Å². The van der Waals surface area contributed by atoms with Gasteiger partial charge in [0, 0.05) is 18.7 Å². The molecule has 110 valence electrons. The van der Waals surface area contributed by atoms with Crippen LogP contribution < -0.4 is 5.32 Å². The van der Waals surface area contributed by atoms with Crippen molar-refractivity contribution in [3.05, 3.63) is 34.9 Å². The van der Waals surface area contributed by atoms with Gasteiger partial charge in [0.15, 0.2) is 0 Å². The number of rotatable bonds is 1. The molecule has 1 unspecified atom stereocenters. The molecule has 0 bridgehead atoms. The maximum Gasteiger partial charge on any atom is 0.129 e. The predicted octanol–water partition coefficient (Wildman–Crippen LogP) is 3.64. The third-order valence-electron chi connectivity index (χ3n) is 4.56. The molecule has 3 rings (SSSR count). The van der Waals surface area contributed by atoms with Crippen molar-refractivity contribution in [2.45, 2.75) is 50.7 Å². The first-order valence-electron chi connectivity index (χ1n) is 7.44. The van der Waals surface area contributed by atoms with Crippen LogP contribution >= 0.6 is 0 Å². The van der Waals surface area contributed by atoms with E-state index in [4.69, 9.17) is 4.74 Å². The van der Waals surface area contributed by atoms with Crippen LogP contribution in [0.1, 0.15) is 49.3 Å². The molecule has 0 radical (unpaired) electrons. The van der Waals surface area contributed by atoms with Crippen LogP contribution in [0.15, 0.2) is 12.1 Å². The van der Waals surface area contributed by atoms with Gasteiger partial charge in [-0.3, -0.25) is 0 Å². The van der Waals surface area contributed by atoms with Gasteiger partial charge in [-0.15, -0.1) is 0 Å². The second kappa shape index (κ2) is 5.41. The Hall–Kier alpha value is -1.00. The third-order valence-corrected chi connectivity index (χ3v) is 4.56. The van der Waals surface area contributed by atoms with Crippen LogP contribution in [0.5, 0.6) is 0 Å². The smallest absolute Gasteiger partial charge is 0.129 e. The summed E-state index contributed by atoms with van der Waals surface area (Å²) in [5.41, 5.74) is 0.488. The lowest BCUT2D eigenvalue weighted by Crippen LogP contribution is -2.52. The Balaban J connectivity index is 1.85. The Kier molecular flexibility index (Phi) is 3.78. The van der Waals surface area contributed by atoms with E-state index in [1.54, 1.807) is 6.92 Å². The predicted molar refractivity (Wildman–Crippen MR) is 73.6 cm³/mol. The van der Waals surface area contributed by atoms with E-state index in [0.29, 0.717) is 17.7 Å². The molecule has 1 spiro atoms. The SMILES string of the molecule is Cc1cc(F)c(C2CNCC3(CCCCC3)O2)cc1F. The molecule has 1 saturated carbocycles. The molecule has 0 aromatic heterocycles. The zero-order valence-corrected chi connectivity index (χ0v) is 11.8. The average Bonchev–Trinajstić information content (AvgIpc) is 2.44. The van der Waals surface area contributed by atoms with Crippen molar-refractivity contribution >= 4 is 0 Å². The third kappa shape index (κ3) is 2.59. The van der Waals surface area contributed by atoms with E-state index in [1.807, 2.05) is 0 Å². The van der Waals surface area contributed by atoms with E-state index < -0.39 is 6.10 Å². The Morgan fingerprint density at radius 2 is 1.90 bits per heavy atom. The molecule has 1 heterocycles. The van der Waals surface area contributed by atoms with Gasteiger partial charge in [0.2, 0.25) is 0 Å². The normalized spacial score (nSPS) is 25.9. The molecule has 1 N–H and O–H groups in total. The topological polar surface area (TPSA) is 21.3 Å². The summed E-state index contributed by atoms with van der Waals surface area (Å²) >= 11 is 0. The van der Waals surface area contributed by atoms with E-state index in [9.17, 15) is 8.78 Å². The van der Waals surface area contributed by atoms with Gasteiger partial charge in [-0.1, -0.05) is 19.3 Å². The van der Waals surface area contributed by atoms with Crippen molar-refractivity contribution in [2.75, 3.05) is 13.1 Å². The minimum Gasteiger partial charge on any atom is -0.364 e. The van der Waals surface area contributed by atoms with E-state index in [-0.39, 0.29) is 17.2 Å². The van der Waals surface area contributed by atoms with Crippen LogP contribution in [0.2, 0.25) is 0 Å². The Morgan fingerprint density at radius 1 is 1.15 bits per heavy atom. The van der Waals surface area contributed by atoms with E-state index >= 15 is 0 Å². The highest BCUT2D eigenvalue weighted by Gasteiger charge is 2.39. The fourth-order valence-corrected chi connectivity index (χ4v) is 3.39. The summed E-state index contributed by atoms with van der Waals surface area (Å²) in [6.07, 6.45) is 5.16. The van der Waals surface area contributed by atoms with Gasteiger partial charge in [0.25, 0.3) is 0 Å². The van der Waals surface area contributed by atoms with Gasteiger partial charge < -0.3 is 10.1 Å². The number of ether oxygens (including phenoxy) is 1.